The first-order valence-corrected chi connectivity index (χ1v) is 13.9. The van der Waals surface area contributed by atoms with Gasteiger partial charge in [-0.25, -0.2) is 18.0 Å². The van der Waals surface area contributed by atoms with Gasteiger partial charge in [0.1, 0.15) is 0 Å². The molecule has 1 aliphatic rings. The number of carbonyl (C=O) groups excluding carboxylic acids is 1. The van der Waals surface area contributed by atoms with Crippen LogP contribution >= 0.6 is 0 Å². The van der Waals surface area contributed by atoms with Crippen LogP contribution in [0.25, 0.3) is 0 Å². The van der Waals surface area contributed by atoms with Gasteiger partial charge in [-0.3, -0.25) is 14.4 Å². The van der Waals surface area contributed by atoms with Crippen molar-refractivity contribution in [2.75, 3.05) is 42.3 Å². The van der Waals surface area contributed by atoms with E-state index >= 15 is 0 Å². The zero-order valence-corrected chi connectivity index (χ0v) is 23.8. The minimum Gasteiger partial charge on any atom is -0.478 e. The first-order chi connectivity index (χ1) is 18.9. The Kier molecular flexibility index (Phi) is 11.1. The summed E-state index contributed by atoms with van der Waals surface area (Å²) in [5.74, 6) is -3.93. The van der Waals surface area contributed by atoms with Crippen LogP contribution < -0.4 is 14.9 Å². The van der Waals surface area contributed by atoms with Gasteiger partial charge in [0.05, 0.1) is 28.4 Å². The summed E-state index contributed by atoms with van der Waals surface area (Å²) in [7, 11) is -3.94. The van der Waals surface area contributed by atoms with E-state index in [9.17, 15) is 36.3 Å². The van der Waals surface area contributed by atoms with Crippen LogP contribution in [0, 0.1) is 13.8 Å². The van der Waals surface area contributed by atoms with Crippen molar-refractivity contribution >= 4 is 39.2 Å². The van der Waals surface area contributed by atoms with Crippen molar-refractivity contribution in [3.63, 3.8) is 0 Å². The molecule has 3 rings (SSSR count). The first-order valence-electron chi connectivity index (χ1n) is 12.4. The average Bonchev–Trinajstić information content (AvgIpc) is 2.83. The van der Waals surface area contributed by atoms with E-state index in [-0.39, 0.29) is 28.1 Å². The number of alkyl halides is 3. The number of aliphatic carboxylic acids is 1. The molecule has 0 radical (unpaired) electrons. The van der Waals surface area contributed by atoms with Crippen LogP contribution in [-0.2, 0) is 19.6 Å². The maximum atomic E-state index is 13.2. The molecule has 2 aromatic carbocycles. The molecule has 1 amide bonds. The maximum absolute atomic E-state index is 13.2. The van der Waals surface area contributed by atoms with E-state index in [0.29, 0.717) is 44.0 Å². The Labute approximate surface area is 236 Å². The van der Waals surface area contributed by atoms with Gasteiger partial charge in [0.25, 0.3) is 10.0 Å². The second-order valence-corrected chi connectivity index (χ2v) is 11.4. The van der Waals surface area contributed by atoms with E-state index in [0.717, 1.165) is 5.56 Å². The van der Waals surface area contributed by atoms with E-state index in [1.165, 1.54) is 12.1 Å². The lowest BCUT2D eigenvalue weighted by atomic mass is 10.1. The van der Waals surface area contributed by atoms with E-state index < -0.39 is 28.1 Å². The molecular weight excluding hydrogens is 569 g/mol. The number of nitrogens with one attached hydrogen (secondary N) is 2. The summed E-state index contributed by atoms with van der Waals surface area (Å²) in [5, 5.41) is 19.5. The van der Waals surface area contributed by atoms with E-state index in [2.05, 4.69) is 10.0 Å². The number of piperazine rings is 1. The molecule has 0 unspecified atom stereocenters. The standard InChI is InChI=1S/C24H32N4O5S.C2HF3O2/c1-16(2)25-23(29)15-27-9-11-28(12-10-27)21-7-6-19(24(30)31)14-20(21)26-34(32,33)22-8-5-17(3)13-18(22)4;3-2(4,5)1(6)7/h5-8,13-14,16,26H,9-12,15H2,1-4H3,(H,25,29)(H,30,31);(H,6,7). The lowest BCUT2D eigenvalue weighted by molar-refractivity contribution is -0.192. The van der Waals surface area contributed by atoms with Crippen molar-refractivity contribution in [1.82, 2.24) is 10.2 Å². The highest BCUT2D eigenvalue weighted by molar-refractivity contribution is 7.92. The van der Waals surface area contributed by atoms with Gasteiger partial charge in [-0.1, -0.05) is 17.7 Å². The molecule has 2 aromatic rings. The molecule has 11 nitrogen and oxygen atoms in total. The number of nitrogens with zero attached hydrogens (tertiary/aromatic N) is 2. The topological polar surface area (TPSA) is 156 Å². The molecule has 41 heavy (non-hydrogen) atoms. The summed E-state index contributed by atoms with van der Waals surface area (Å²) in [5.41, 5.74) is 2.36. The number of sulfonamides is 1. The number of hydrogen-bond donors (Lipinski definition) is 4. The number of aromatic carboxylic acids is 1. The van der Waals surface area contributed by atoms with E-state index in [1.807, 2.05) is 30.6 Å². The molecule has 0 atom stereocenters. The lowest BCUT2D eigenvalue weighted by Gasteiger charge is -2.36. The SMILES string of the molecule is Cc1ccc(S(=O)(=O)Nc2cc(C(=O)O)ccc2N2CCN(CC(=O)NC(C)C)CC2)c(C)c1.O=C(O)C(F)(F)F. The molecule has 1 heterocycles. The third-order valence-corrected chi connectivity index (χ3v) is 7.41. The van der Waals surface area contributed by atoms with Crippen molar-refractivity contribution in [3.05, 3.63) is 53.1 Å². The molecule has 4 N–H and O–H groups in total. The molecule has 1 aliphatic heterocycles. The quantitative estimate of drug-likeness (QED) is 0.357. The number of carboxylic acid groups (broad SMARTS) is 2. The van der Waals surface area contributed by atoms with E-state index in [1.54, 1.807) is 31.2 Å². The summed E-state index contributed by atoms with van der Waals surface area (Å²) < 4.78 is 60.7. The molecule has 1 saturated heterocycles. The molecule has 0 aromatic heterocycles. The van der Waals surface area contributed by atoms with Gasteiger partial charge < -0.3 is 20.4 Å². The zero-order chi connectivity index (χ0) is 31.1. The Morgan fingerprint density at radius 3 is 2.05 bits per heavy atom. The van der Waals surface area contributed by atoms with Gasteiger partial charge in [-0.05, 0) is 57.5 Å². The number of halogens is 3. The van der Waals surface area contributed by atoms with Crippen LogP contribution in [0.3, 0.4) is 0 Å². The third-order valence-electron chi connectivity index (χ3n) is 5.88. The average molecular weight is 603 g/mol. The molecule has 226 valence electrons. The second kappa shape index (κ2) is 13.7. The number of rotatable bonds is 8. The van der Waals surface area contributed by atoms with Crippen molar-refractivity contribution < 1.29 is 46.2 Å². The van der Waals surface area contributed by atoms with Gasteiger partial charge in [0.15, 0.2) is 0 Å². The second-order valence-electron chi connectivity index (χ2n) is 9.70. The van der Waals surface area contributed by atoms with Crippen molar-refractivity contribution in [2.24, 2.45) is 0 Å². The summed E-state index contributed by atoms with van der Waals surface area (Å²) in [6, 6.07) is 9.59. The highest BCUT2D eigenvalue weighted by atomic mass is 32.2. The third kappa shape index (κ3) is 9.93. The fourth-order valence-corrected chi connectivity index (χ4v) is 5.34. The number of anilines is 2. The number of hydrogen-bond acceptors (Lipinski definition) is 7. The number of carboxylic acids is 2. The monoisotopic (exact) mass is 602 g/mol. The van der Waals surface area contributed by atoms with Gasteiger partial charge in [-0.15, -0.1) is 0 Å². The predicted octanol–water partition coefficient (Wildman–Crippen LogP) is 3.08. The van der Waals surface area contributed by atoms with Gasteiger partial charge >= 0.3 is 18.1 Å². The van der Waals surface area contributed by atoms with Crippen LogP contribution in [0.2, 0.25) is 0 Å². The first kappa shape index (κ1) is 33.4. The van der Waals surface area contributed by atoms with Crippen molar-refractivity contribution in [2.45, 2.75) is 44.8 Å². The molecule has 15 heteroatoms. The van der Waals surface area contributed by atoms with Gasteiger partial charge in [0.2, 0.25) is 5.91 Å². The number of aryl methyl sites for hydroxylation is 2. The Morgan fingerprint density at radius 1 is 0.976 bits per heavy atom. The molecule has 0 saturated carbocycles. The summed E-state index contributed by atoms with van der Waals surface area (Å²) in [6.07, 6.45) is -5.08. The molecule has 0 bridgehead atoms. The molecular formula is C26H33F3N4O7S. The van der Waals surface area contributed by atoms with Crippen LogP contribution in [-0.4, -0.2) is 86.3 Å². The fourth-order valence-electron chi connectivity index (χ4n) is 4.04. The normalized spacial score (nSPS) is 14.2. The van der Waals surface area contributed by atoms with Crippen molar-refractivity contribution in [3.8, 4) is 0 Å². The van der Waals surface area contributed by atoms with Crippen LogP contribution in [0.1, 0.15) is 35.3 Å². The van der Waals surface area contributed by atoms with Crippen LogP contribution in [0.15, 0.2) is 41.3 Å². The summed E-state index contributed by atoms with van der Waals surface area (Å²) >= 11 is 0. The highest BCUT2D eigenvalue weighted by Gasteiger charge is 2.38. The lowest BCUT2D eigenvalue weighted by Crippen LogP contribution is -2.50. The maximum Gasteiger partial charge on any atom is 0.490 e. The number of carbonyl (C=O) groups is 3. The van der Waals surface area contributed by atoms with Crippen molar-refractivity contribution in [1.29, 1.82) is 0 Å². The van der Waals surface area contributed by atoms with Gasteiger partial charge in [-0.2, -0.15) is 13.2 Å². The predicted molar refractivity (Wildman–Crippen MR) is 146 cm³/mol. The summed E-state index contributed by atoms with van der Waals surface area (Å²) in [4.78, 5) is 36.7. The Bertz CT molecular complexity index is 1370. The van der Waals surface area contributed by atoms with E-state index in [4.69, 9.17) is 9.90 Å². The van der Waals surface area contributed by atoms with Crippen LogP contribution in [0.5, 0.6) is 0 Å². The summed E-state index contributed by atoms with van der Waals surface area (Å²) in [6.45, 7) is 10.1. The Morgan fingerprint density at radius 2 is 1.56 bits per heavy atom. The van der Waals surface area contributed by atoms with Crippen LogP contribution in [0.4, 0.5) is 24.5 Å². The zero-order valence-electron chi connectivity index (χ0n) is 22.9. The Hall–Kier alpha value is -3.85. The fraction of sp³-hybridized carbons (Fsp3) is 0.423. The smallest absolute Gasteiger partial charge is 0.478 e. The molecule has 0 spiro atoms. The number of amides is 1. The molecule has 0 aliphatic carbocycles. The highest BCUT2D eigenvalue weighted by Crippen LogP contribution is 2.31. The van der Waals surface area contributed by atoms with Gasteiger partial charge in [0, 0.05) is 32.2 Å². The minimum atomic E-state index is -5.08. The Balaban J connectivity index is 0.000000745. The number of benzene rings is 2. The molecule has 1 fully saturated rings. The minimum absolute atomic E-state index is 0.00827. The largest absolute Gasteiger partial charge is 0.490 e.